The van der Waals surface area contributed by atoms with E-state index in [1.165, 1.54) is 12.1 Å². The standard InChI is InChI=1S/C16H15NO4/c1-16(2)6-3-4-10(5-7-16)11-8-12(14(18)19)17-13(9-11)15(20)21/h3-9H,1-2H3,(H,18,19)(H,20,21). The van der Waals surface area contributed by atoms with Gasteiger partial charge in [0.15, 0.2) is 0 Å². The Balaban J connectivity index is 2.54. The van der Waals surface area contributed by atoms with Gasteiger partial charge in [-0.15, -0.1) is 0 Å². The second-order valence-electron chi connectivity index (χ2n) is 5.37. The van der Waals surface area contributed by atoms with Crippen molar-refractivity contribution in [1.29, 1.82) is 0 Å². The van der Waals surface area contributed by atoms with Crippen molar-refractivity contribution >= 4 is 17.5 Å². The zero-order chi connectivity index (χ0) is 15.6. The number of hydrogen-bond acceptors (Lipinski definition) is 3. The summed E-state index contributed by atoms with van der Waals surface area (Å²) < 4.78 is 0. The number of aromatic carboxylic acids is 2. The van der Waals surface area contributed by atoms with Gasteiger partial charge in [0.25, 0.3) is 0 Å². The number of nitrogens with zero attached hydrogens (tertiary/aromatic N) is 1. The summed E-state index contributed by atoms with van der Waals surface area (Å²) in [5.41, 5.74) is 0.567. The predicted octanol–water partition coefficient (Wildman–Crippen LogP) is 3.01. The van der Waals surface area contributed by atoms with Crippen LogP contribution in [0.15, 0.2) is 42.5 Å². The highest BCUT2D eigenvalue weighted by Crippen LogP contribution is 2.27. The molecule has 0 atom stereocenters. The first-order chi connectivity index (χ1) is 9.78. The molecule has 0 spiro atoms. The number of pyridine rings is 1. The lowest BCUT2D eigenvalue weighted by Crippen LogP contribution is -2.08. The molecule has 0 saturated carbocycles. The van der Waals surface area contributed by atoms with Crippen LogP contribution in [0.25, 0.3) is 5.57 Å². The quantitative estimate of drug-likeness (QED) is 0.891. The molecule has 0 saturated heterocycles. The molecule has 0 unspecified atom stereocenters. The molecular formula is C16H15NO4. The van der Waals surface area contributed by atoms with Crippen molar-refractivity contribution in [2.24, 2.45) is 5.41 Å². The van der Waals surface area contributed by atoms with Crippen LogP contribution in [0.3, 0.4) is 0 Å². The lowest BCUT2D eigenvalue weighted by Gasteiger charge is -2.12. The first-order valence-corrected chi connectivity index (χ1v) is 6.36. The highest BCUT2D eigenvalue weighted by atomic mass is 16.4. The van der Waals surface area contributed by atoms with Crippen LogP contribution in [0.5, 0.6) is 0 Å². The first-order valence-electron chi connectivity index (χ1n) is 6.36. The molecule has 5 nitrogen and oxygen atoms in total. The van der Waals surface area contributed by atoms with Crippen LogP contribution in [0.1, 0.15) is 40.4 Å². The predicted molar refractivity (Wildman–Crippen MR) is 78.2 cm³/mol. The molecule has 0 bridgehead atoms. The largest absolute Gasteiger partial charge is 0.477 e. The number of carboxylic acid groups (broad SMARTS) is 2. The van der Waals surface area contributed by atoms with Gasteiger partial charge in [-0.2, -0.15) is 0 Å². The van der Waals surface area contributed by atoms with Crippen LogP contribution in [-0.2, 0) is 0 Å². The van der Waals surface area contributed by atoms with Gasteiger partial charge < -0.3 is 10.2 Å². The van der Waals surface area contributed by atoms with Gasteiger partial charge in [-0.3, -0.25) is 0 Å². The van der Waals surface area contributed by atoms with Gasteiger partial charge in [-0.25, -0.2) is 14.6 Å². The van der Waals surface area contributed by atoms with Crippen LogP contribution >= 0.6 is 0 Å². The van der Waals surface area contributed by atoms with E-state index >= 15 is 0 Å². The first kappa shape index (κ1) is 14.7. The second-order valence-corrected chi connectivity index (χ2v) is 5.37. The van der Waals surface area contributed by atoms with Crippen LogP contribution < -0.4 is 0 Å². The molecule has 1 aromatic rings. The monoisotopic (exact) mass is 285 g/mol. The van der Waals surface area contributed by atoms with Crippen LogP contribution in [-0.4, -0.2) is 27.1 Å². The lowest BCUT2D eigenvalue weighted by atomic mass is 9.93. The normalized spacial score (nSPS) is 16.2. The molecule has 1 aliphatic carbocycles. The number of hydrogen-bond donors (Lipinski definition) is 2. The SMILES string of the molecule is CC1(C)C=CC=C(c2cc(C(=O)O)nc(C(=O)O)c2)C=C1. The Kier molecular flexibility index (Phi) is 3.76. The number of allylic oxidation sites excluding steroid dienone is 6. The molecule has 0 aliphatic heterocycles. The number of aromatic nitrogens is 1. The summed E-state index contributed by atoms with van der Waals surface area (Å²) in [4.78, 5) is 25.8. The Morgan fingerprint density at radius 1 is 1.05 bits per heavy atom. The average Bonchev–Trinajstić information content (AvgIpc) is 2.59. The molecule has 1 heterocycles. The molecule has 0 aromatic carbocycles. The van der Waals surface area contributed by atoms with Gasteiger partial charge in [-0.05, 0) is 23.3 Å². The van der Waals surface area contributed by atoms with Gasteiger partial charge in [0.2, 0.25) is 0 Å². The Labute approximate surface area is 122 Å². The Morgan fingerprint density at radius 2 is 1.62 bits per heavy atom. The summed E-state index contributed by atoms with van der Waals surface area (Å²) in [7, 11) is 0. The highest BCUT2D eigenvalue weighted by molar-refractivity contribution is 5.92. The summed E-state index contributed by atoms with van der Waals surface area (Å²) >= 11 is 0. The molecule has 1 aliphatic rings. The van der Waals surface area contributed by atoms with Gasteiger partial charge in [0, 0.05) is 5.41 Å². The summed E-state index contributed by atoms with van der Waals surface area (Å²) in [6, 6.07) is 2.74. The van der Waals surface area contributed by atoms with Crippen molar-refractivity contribution in [3.8, 4) is 0 Å². The van der Waals surface area contributed by atoms with Crippen molar-refractivity contribution in [1.82, 2.24) is 4.98 Å². The summed E-state index contributed by atoms with van der Waals surface area (Å²) in [5, 5.41) is 18.1. The molecule has 0 fully saturated rings. The fourth-order valence-corrected chi connectivity index (χ4v) is 1.92. The number of carbonyl (C=O) groups is 2. The van der Waals surface area contributed by atoms with E-state index in [4.69, 9.17) is 10.2 Å². The van der Waals surface area contributed by atoms with Crippen molar-refractivity contribution in [2.75, 3.05) is 0 Å². The van der Waals surface area contributed by atoms with Crippen molar-refractivity contribution in [2.45, 2.75) is 13.8 Å². The molecule has 2 rings (SSSR count). The van der Waals surface area contributed by atoms with E-state index in [-0.39, 0.29) is 16.8 Å². The topological polar surface area (TPSA) is 87.5 Å². The van der Waals surface area contributed by atoms with E-state index in [1.54, 1.807) is 0 Å². The van der Waals surface area contributed by atoms with Crippen molar-refractivity contribution in [3.05, 3.63) is 59.5 Å². The summed E-state index contributed by atoms with van der Waals surface area (Å²) in [6.07, 6.45) is 9.53. The lowest BCUT2D eigenvalue weighted by molar-refractivity contribution is 0.0685. The maximum Gasteiger partial charge on any atom is 0.354 e. The zero-order valence-electron chi connectivity index (χ0n) is 11.7. The van der Waals surface area contributed by atoms with Gasteiger partial charge in [0.05, 0.1) is 0 Å². The fourth-order valence-electron chi connectivity index (χ4n) is 1.92. The number of rotatable bonds is 3. The summed E-state index contributed by atoms with van der Waals surface area (Å²) in [6.45, 7) is 4.07. The fraction of sp³-hybridized carbons (Fsp3) is 0.188. The van der Waals surface area contributed by atoms with Gasteiger partial charge >= 0.3 is 11.9 Å². The minimum absolute atomic E-state index is 0.115. The number of carboxylic acids is 2. The van der Waals surface area contributed by atoms with E-state index in [0.29, 0.717) is 5.56 Å². The molecule has 5 heteroatoms. The molecule has 0 amide bonds. The molecule has 21 heavy (non-hydrogen) atoms. The molecule has 0 radical (unpaired) electrons. The van der Waals surface area contributed by atoms with E-state index in [2.05, 4.69) is 4.98 Å². The van der Waals surface area contributed by atoms with Crippen molar-refractivity contribution in [3.63, 3.8) is 0 Å². The third-order valence-corrected chi connectivity index (χ3v) is 3.09. The Bertz CT molecular complexity index is 664. The zero-order valence-corrected chi connectivity index (χ0v) is 11.7. The maximum absolute atomic E-state index is 11.1. The smallest absolute Gasteiger partial charge is 0.354 e. The third-order valence-electron chi connectivity index (χ3n) is 3.09. The van der Waals surface area contributed by atoms with E-state index in [1.807, 2.05) is 44.2 Å². The minimum Gasteiger partial charge on any atom is -0.477 e. The maximum atomic E-state index is 11.1. The average molecular weight is 285 g/mol. The molecular weight excluding hydrogens is 270 g/mol. The van der Waals surface area contributed by atoms with Gasteiger partial charge in [-0.1, -0.05) is 44.2 Å². The molecule has 108 valence electrons. The molecule has 1 aromatic heterocycles. The van der Waals surface area contributed by atoms with E-state index in [0.717, 1.165) is 5.57 Å². The van der Waals surface area contributed by atoms with Crippen LogP contribution in [0, 0.1) is 5.41 Å². The summed E-state index contributed by atoms with van der Waals surface area (Å²) in [5.74, 6) is -2.51. The second kappa shape index (κ2) is 5.36. The van der Waals surface area contributed by atoms with Crippen molar-refractivity contribution < 1.29 is 19.8 Å². The van der Waals surface area contributed by atoms with Gasteiger partial charge in [0.1, 0.15) is 11.4 Å². The Morgan fingerprint density at radius 3 is 2.14 bits per heavy atom. The minimum atomic E-state index is -1.26. The molecule has 2 N–H and O–H groups in total. The van der Waals surface area contributed by atoms with E-state index < -0.39 is 11.9 Å². The Hall–Kier alpha value is -2.69. The van der Waals surface area contributed by atoms with E-state index in [9.17, 15) is 9.59 Å². The highest BCUT2D eigenvalue weighted by Gasteiger charge is 2.16. The van der Waals surface area contributed by atoms with Crippen LogP contribution in [0.2, 0.25) is 0 Å². The third kappa shape index (κ3) is 3.45. The van der Waals surface area contributed by atoms with Crippen LogP contribution in [0.4, 0.5) is 0 Å².